The number of nitrogens with zero attached hydrogens (tertiary/aromatic N) is 3. The molecule has 0 atom stereocenters. The van der Waals surface area contributed by atoms with Crippen LogP contribution in [0.5, 0.6) is 0 Å². The van der Waals surface area contributed by atoms with Crippen LogP contribution >= 0.6 is 0 Å². The molecule has 0 saturated carbocycles. The predicted octanol–water partition coefficient (Wildman–Crippen LogP) is 3.87. The second kappa shape index (κ2) is 5.70. The molecule has 0 bridgehead atoms. The highest BCUT2D eigenvalue weighted by atomic mass is 19.1. The van der Waals surface area contributed by atoms with Crippen LogP contribution in [0, 0.1) is 31.0 Å². The summed E-state index contributed by atoms with van der Waals surface area (Å²) in [6.45, 7) is 6.18. The maximum Gasteiger partial charge on any atom is 0.151 e. The largest absolute Gasteiger partial charge is 0.323 e. The fourth-order valence-electron chi connectivity index (χ4n) is 2.26. The molecule has 0 unspecified atom stereocenters. The second-order valence-corrected chi connectivity index (χ2v) is 4.59. The number of halogens is 1. The van der Waals surface area contributed by atoms with Crippen molar-refractivity contribution in [1.82, 2.24) is 4.98 Å². The normalized spacial score (nSPS) is 10.2. The van der Waals surface area contributed by atoms with Gasteiger partial charge in [-0.2, -0.15) is 5.26 Å². The average Bonchev–Trinajstić information content (AvgIpc) is 2.41. The highest BCUT2D eigenvalue weighted by Gasteiger charge is 2.18. The summed E-state index contributed by atoms with van der Waals surface area (Å²) >= 11 is 0. The van der Waals surface area contributed by atoms with Crippen LogP contribution < -0.4 is 4.90 Å². The summed E-state index contributed by atoms with van der Waals surface area (Å²) in [5, 5.41) is 9.34. The zero-order valence-corrected chi connectivity index (χ0v) is 11.8. The van der Waals surface area contributed by atoms with Crippen molar-refractivity contribution < 1.29 is 4.39 Å². The first-order chi connectivity index (χ1) is 9.58. The van der Waals surface area contributed by atoms with Gasteiger partial charge in [-0.25, -0.2) is 9.37 Å². The number of hydrogen-bond donors (Lipinski definition) is 0. The lowest BCUT2D eigenvalue weighted by molar-refractivity contribution is 0.625. The SMILES string of the molecule is CCN(c1ccccc1F)c1nc(C)cc(C)c1C#N. The summed E-state index contributed by atoms with van der Waals surface area (Å²) in [4.78, 5) is 6.16. The zero-order chi connectivity index (χ0) is 14.7. The first-order valence-corrected chi connectivity index (χ1v) is 6.49. The predicted molar refractivity (Wildman–Crippen MR) is 77.5 cm³/mol. The van der Waals surface area contributed by atoms with Crippen molar-refractivity contribution in [2.75, 3.05) is 11.4 Å². The monoisotopic (exact) mass is 269 g/mol. The van der Waals surface area contributed by atoms with Crippen LogP contribution in [0.15, 0.2) is 30.3 Å². The molecule has 4 heteroatoms. The van der Waals surface area contributed by atoms with Gasteiger partial charge in [-0.05, 0) is 44.5 Å². The van der Waals surface area contributed by atoms with E-state index in [-0.39, 0.29) is 5.82 Å². The fourth-order valence-corrected chi connectivity index (χ4v) is 2.26. The van der Waals surface area contributed by atoms with Gasteiger partial charge in [0.15, 0.2) is 5.82 Å². The minimum Gasteiger partial charge on any atom is -0.323 e. The van der Waals surface area contributed by atoms with Gasteiger partial charge in [-0.1, -0.05) is 12.1 Å². The average molecular weight is 269 g/mol. The van der Waals surface area contributed by atoms with Gasteiger partial charge in [-0.3, -0.25) is 0 Å². The van der Waals surface area contributed by atoms with Crippen molar-refractivity contribution in [2.24, 2.45) is 0 Å². The molecule has 2 aromatic rings. The van der Waals surface area contributed by atoms with Crippen molar-refractivity contribution >= 4 is 11.5 Å². The molecule has 0 aliphatic carbocycles. The lowest BCUT2D eigenvalue weighted by Crippen LogP contribution is -2.20. The number of pyridine rings is 1. The van der Waals surface area contributed by atoms with Crippen LogP contribution in [0.2, 0.25) is 0 Å². The first-order valence-electron chi connectivity index (χ1n) is 6.49. The molecular formula is C16H16FN3. The Balaban J connectivity index is 2.65. The van der Waals surface area contributed by atoms with E-state index in [0.717, 1.165) is 11.3 Å². The number of nitriles is 1. The van der Waals surface area contributed by atoms with E-state index in [1.165, 1.54) is 6.07 Å². The molecule has 0 spiro atoms. The molecular weight excluding hydrogens is 253 g/mol. The molecule has 0 N–H and O–H groups in total. The zero-order valence-electron chi connectivity index (χ0n) is 11.8. The third kappa shape index (κ3) is 2.48. The first kappa shape index (κ1) is 14.0. The molecule has 0 aliphatic heterocycles. The van der Waals surface area contributed by atoms with Gasteiger partial charge in [-0.15, -0.1) is 0 Å². The van der Waals surface area contributed by atoms with Gasteiger partial charge in [0.1, 0.15) is 11.9 Å². The van der Waals surface area contributed by atoms with Crippen molar-refractivity contribution in [1.29, 1.82) is 5.26 Å². The van der Waals surface area contributed by atoms with E-state index in [1.54, 1.807) is 23.1 Å². The van der Waals surface area contributed by atoms with Gasteiger partial charge < -0.3 is 4.90 Å². The van der Waals surface area contributed by atoms with E-state index in [0.29, 0.717) is 23.6 Å². The van der Waals surface area contributed by atoms with Crippen molar-refractivity contribution in [3.63, 3.8) is 0 Å². The molecule has 0 radical (unpaired) electrons. The third-order valence-corrected chi connectivity index (χ3v) is 3.15. The summed E-state index contributed by atoms with van der Waals surface area (Å²) < 4.78 is 14.0. The number of anilines is 2. The summed E-state index contributed by atoms with van der Waals surface area (Å²) in [5.41, 5.74) is 2.58. The lowest BCUT2D eigenvalue weighted by Gasteiger charge is -2.24. The Morgan fingerprint density at radius 3 is 2.60 bits per heavy atom. The Kier molecular flexibility index (Phi) is 3.99. The Hall–Kier alpha value is -2.41. The quantitative estimate of drug-likeness (QED) is 0.849. The standard InChI is InChI=1S/C16H16FN3/c1-4-20(15-8-6-5-7-14(15)17)16-13(10-18)11(2)9-12(3)19-16/h5-9H,4H2,1-3H3. The van der Waals surface area contributed by atoms with Gasteiger partial charge in [0.25, 0.3) is 0 Å². The minimum absolute atomic E-state index is 0.320. The lowest BCUT2D eigenvalue weighted by atomic mass is 10.1. The van der Waals surface area contributed by atoms with Crippen LogP contribution in [0.1, 0.15) is 23.7 Å². The van der Waals surface area contributed by atoms with Crippen LogP contribution in [-0.2, 0) is 0 Å². The number of aryl methyl sites for hydroxylation is 2. The molecule has 20 heavy (non-hydrogen) atoms. The fraction of sp³-hybridized carbons (Fsp3) is 0.250. The van der Waals surface area contributed by atoms with E-state index in [4.69, 9.17) is 0 Å². The number of para-hydroxylation sites is 1. The number of aromatic nitrogens is 1. The molecule has 102 valence electrons. The summed E-state index contributed by atoms with van der Waals surface area (Å²) in [6.07, 6.45) is 0. The van der Waals surface area contributed by atoms with E-state index in [9.17, 15) is 9.65 Å². The van der Waals surface area contributed by atoms with Crippen molar-refractivity contribution in [3.8, 4) is 6.07 Å². The molecule has 1 heterocycles. The number of benzene rings is 1. The highest BCUT2D eigenvalue weighted by molar-refractivity contribution is 5.68. The Morgan fingerprint density at radius 2 is 2.00 bits per heavy atom. The van der Waals surface area contributed by atoms with Crippen LogP contribution in [-0.4, -0.2) is 11.5 Å². The van der Waals surface area contributed by atoms with Gasteiger partial charge in [0.05, 0.1) is 11.3 Å². The number of rotatable bonds is 3. The van der Waals surface area contributed by atoms with Crippen molar-refractivity contribution in [2.45, 2.75) is 20.8 Å². The van der Waals surface area contributed by atoms with E-state index in [2.05, 4.69) is 11.1 Å². The molecule has 1 aromatic carbocycles. The summed E-state index contributed by atoms with van der Waals surface area (Å²) in [7, 11) is 0. The molecule has 0 saturated heterocycles. The maximum atomic E-state index is 14.0. The molecule has 2 rings (SSSR count). The van der Waals surface area contributed by atoms with Gasteiger partial charge in [0.2, 0.25) is 0 Å². The second-order valence-electron chi connectivity index (χ2n) is 4.59. The maximum absolute atomic E-state index is 14.0. The topological polar surface area (TPSA) is 39.9 Å². The van der Waals surface area contributed by atoms with Crippen LogP contribution in [0.3, 0.4) is 0 Å². The van der Waals surface area contributed by atoms with Gasteiger partial charge >= 0.3 is 0 Å². The molecule has 0 fully saturated rings. The van der Waals surface area contributed by atoms with Gasteiger partial charge in [0, 0.05) is 12.2 Å². The highest BCUT2D eigenvalue weighted by Crippen LogP contribution is 2.30. The minimum atomic E-state index is -0.320. The molecule has 3 nitrogen and oxygen atoms in total. The Morgan fingerprint density at radius 1 is 1.30 bits per heavy atom. The molecule has 0 aliphatic rings. The van der Waals surface area contributed by atoms with E-state index >= 15 is 0 Å². The van der Waals surface area contributed by atoms with E-state index in [1.807, 2.05) is 26.8 Å². The van der Waals surface area contributed by atoms with Crippen molar-refractivity contribution in [3.05, 3.63) is 53.0 Å². The molecule has 1 aromatic heterocycles. The number of hydrogen-bond acceptors (Lipinski definition) is 3. The van der Waals surface area contributed by atoms with Crippen LogP contribution in [0.25, 0.3) is 0 Å². The molecule has 0 amide bonds. The Bertz CT molecular complexity index is 674. The third-order valence-electron chi connectivity index (χ3n) is 3.15. The summed E-state index contributed by atoms with van der Waals surface area (Å²) in [6, 6.07) is 10.5. The summed E-state index contributed by atoms with van der Waals surface area (Å²) in [5.74, 6) is 0.191. The van der Waals surface area contributed by atoms with Crippen LogP contribution in [0.4, 0.5) is 15.9 Å². The smallest absolute Gasteiger partial charge is 0.151 e. The Labute approximate surface area is 118 Å². The van der Waals surface area contributed by atoms with E-state index < -0.39 is 0 Å².